The fourth-order valence-corrected chi connectivity index (χ4v) is 5.23. The highest BCUT2D eigenvalue weighted by molar-refractivity contribution is 6.29. The van der Waals surface area contributed by atoms with Gasteiger partial charge >= 0.3 is 11.9 Å². The second kappa shape index (κ2) is 8.23. The summed E-state index contributed by atoms with van der Waals surface area (Å²) in [5.41, 5.74) is 1.47. The number of carboxylic acid groups (broad SMARTS) is 2. The summed E-state index contributed by atoms with van der Waals surface area (Å²) < 4.78 is 2.02. The monoisotopic (exact) mass is 502 g/mol. The summed E-state index contributed by atoms with van der Waals surface area (Å²) in [4.78, 5) is 49.1. The van der Waals surface area contributed by atoms with E-state index in [2.05, 4.69) is 9.97 Å². The summed E-state index contributed by atoms with van der Waals surface area (Å²) in [6, 6.07) is 7.70. The molecular formula is C25H24N7O5+. The fraction of sp³-hybridized carbons (Fsp3) is 0.280. The maximum Gasteiger partial charge on any atom is 0.341 e. The van der Waals surface area contributed by atoms with Gasteiger partial charge in [-0.25, -0.2) is 14.6 Å². The molecule has 0 radical (unpaired) electrons. The Hall–Kier alpha value is -4.58. The Bertz CT molecular complexity index is 1600. The van der Waals surface area contributed by atoms with Gasteiger partial charge in [-0.15, -0.1) is 0 Å². The molecule has 1 saturated heterocycles. The van der Waals surface area contributed by atoms with Crippen molar-refractivity contribution in [2.24, 2.45) is 5.10 Å². The largest absolute Gasteiger partial charge is 0.478 e. The van der Waals surface area contributed by atoms with Crippen molar-refractivity contribution in [2.45, 2.75) is 13.5 Å². The number of hydrogen-bond donors (Lipinski definition) is 2. The van der Waals surface area contributed by atoms with Crippen LogP contribution in [0.25, 0.3) is 17.1 Å². The average molecular weight is 503 g/mol. The molecule has 12 nitrogen and oxygen atoms in total. The van der Waals surface area contributed by atoms with Gasteiger partial charge in [0, 0.05) is 18.9 Å². The van der Waals surface area contributed by atoms with Crippen LogP contribution in [0.4, 0.5) is 11.6 Å². The first-order chi connectivity index (χ1) is 17.8. The Morgan fingerprint density at radius 3 is 2.57 bits per heavy atom. The van der Waals surface area contributed by atoms with Crippen LogP contribution in [0, 0.1) is 0 Å². The number of quaternary nitrogens is 1. The molecule has 1 spiro atoms. The second-order valence-electron chi connectivity index (χ2n) is 9.31. The number of anilines is 2. The van der Waals surface area contributed by atoms with Crippen LogP contribution in [0.5, 0.6) is 0 Å². The molecule has 37 heavy (non-hydrogen) atoms. The number of fused-ring (bicyclic) bond motifs is 4. The van der Waals surface area contributed by atoms with E-state index in [0.717, 1.165) is 11.3 Å². The number of aromatic nitrogens is 3. The number of carbonyl (C=O) groups is 2. The Morgan fingerprint density at radius 2 is 1.86 bits per heavy atom. The molecule has 0 amide bonds. The number of benzene rings is 1. The molecule has 188 valence electrons. The zero-order valence-corrected chi connectivity index (χ0v) is 20.0. The van der Waals surface area contributed by atoms with Gasteiger partial charge in [-0.05, 0) is 24.6 Å². The minimum absolute atomic E-state index is 0.167. The van der Waals surface area contributed by atoms with Crippen LogP contribution in [0.15, 0.2) is 52.1 Å². The summed E-state index contributed by atoms with van der Waals surface area (Å²) in [6.07, 6.45) is 4.40. The van der Waals surface area contributed by atoms with Crippen molar-refractivity contribution in [3.05, 3.63) is 63.6 Å². The van der Waals surface area contributed by atoms with Gasteiger partial charge in [0.1, 0.15) is 29.9 Å². The van der Waals surface area contributed by atoms with Gasteiger partial charge in [-0.2, -0.15) is 9.58 Å². The first-order valence-corrected chi connectivity index (χ1v) is 12.0. The van der Waals surface area contributed by atoms with Gasteiger partial charge in [0.25, 0.3) is 0 Å². The molecule has 0 saturated carbocycles. The van der Waals surface area contributed by atoms with E-state index in [-0.39, 0.29) is 16.5 Å². The Labute approximate surface area is 210 Å². The smallest absolute Gasteiger partial charge is 0.341 e. The van der Waals surface area contributed by atoms with E-state index in [0.29, 0.717) is 61.4 Å². The molecule has 12 heteroatoms. The molecule has 0 bridgehead atoms. The van der Waals surface area contributed by atoms with Crippen molar-refractivity contribution in [3.63, 3.8) is 0 Å². The Kier molecular flexibility index (Phi) is 5.09. The molecule has 3 aliphatic heterocycles. The molecule has 2 aromatic heterocycles. The van der Waals surface area contributed by atoms with Crippen molar-refractivity contribution in [1.82, 2.24) is 14.5 Å². The lowest BCUT2D eigenvalue weighted by Gasteiger charge is -2.38. The predicted molar refractivity (Wildman–Crippen MR) is 135 cm³/mol. The van der Waals surface area contributed by atoms with E-state index < -0.39 is 17.4 Å². The Morgan fingerprint density at radius 1 is 1.11 bits per heavy atom. The first kappa shape index (κ1) is 22.9. The van der Waals surface area contributed by atoms with Gasteiger partial charge in [0.15, 0.2) is 6.67 Å². The number of carboxylic acids is 2. The van der Waals surface area contributed by atoms with Crippen LogP contribution in [0.2, 0.25) is 0 Å². The fourth-order valence-electron chi connectivity index (χ4n) is 5.23. The molecule has 3 aromatic rings. The van der Waals surface area contributed by atoms with E-state index in [1.165, 1.54) is 12.4 Å². The van der Waals surface area contributed by atoms with Crippen LogP contribution < -0.4 is 15.2 Å². The van der Waals surface area contributed by atoms with E-state index in [9.17, 15) is 24.6 Å². The SMILES string of the molecule is CCn1cc(C(=O)O)c(=O)c2cnc(N3CC[N+]4(CC3)CN3C(=N4)C(C(=O)O)=Cc4ccccc43)nc21. The molecule has 0 aliphatic carbocycles. The number of aryl methyl sites for hydroxylation is 1. The van der Waals surface area contributed by atoms with Gasteiger partial charge in [-0.3, -0.25) is 9.69 Å². The first-order valence-electron chi connectivity index (χ1n) is 12.0. The molecule has 1 aromatic carbocycles. The van der Waals surface area contributed by atoms with E-state index >= 15 is 0 Å². The van der Waals surface area contributed by atoms with Crippen molar-refractivity contribution in [3.8, 4) is 0 Å². The standard InChI is InChI=1S/C25H23N7O5/c1-2-29-13-18(24(36)37)20(33)17-12-26-25(27-21(17)29)30-7-9-32(10-8-30)14-31-19-6-4-3-5-15(19)11-16(23(34)35)22(31)28-32/h3-6,11-13H,2,7-10,14H2,1H3,(H-,34,35,36,37)/p+1. The average Bonchev–Trinajstić information content (AvgIpc) is 3.27. The molecule has 2 N–H and O–H groups in total. The van der Waals surface area contributed by atoms with Crippen molar-refractivity contribution >= 4 is 46.5 Å². The van der Waals surface area contributed by atoms with Crippen molar-refractivity contribution in [1.29, 1.82) is 0 Å². The highest BCUT2D eigenvalue weighted by Crippen LogP contribution is 2.36. The minimum atomic E-state index is -1.28. The summed E-state index contributed by atoms with van der Waals surface area (Å²) in [7, 11) is 0. The summed E-state index contributed by atoms with van der Waals surface area (Å²) >= 11 is 0. The predicted octanol–water partition coefficient (Wildman–Crippen LogP) is 1.42. The number of nitrogens with zero attached hydrogens (tertiary/aromatic N) is 7. The number of rotatable bonds is 4. The quantitative estimate of drug-likeness (QED) is 0.507. The van der Waals surface area contributed by atoms with Crippen LogP contribution >= 0.6 is 0 Å². The number of para-hydroxylation sites is 1. The molecule has 0 unspecified atom stereocenters. The van der Waals surface area contributed by atoms with Crippen LogP contribution in [0.3, 0.4) is 0 Å². The maximum atomic E-state index is 12.6. The Balaban J connectivity index is 1.29. The number of pyridine rings is 1. The number of aliphatic carboxylic acids is 1. The van der Waals surface area contributed by atoms with Crippen molar-refractivity contribution in [2.75, 3.05) is 42.6 Å². The zero-order valence-electron chi connectivity index (χ0n) is 20.0. The van der Waals surface area contributed by atoms with E-state index in [4.69, 9.17) is 5.10 Å². The van der Waals surface area contributed by atoms with Crippen LogP contribution in [0.1, 0.15) is 22.8 Å². The lowest BCUT2D eigenvalue weighted by Crippen LogP contribution is -2.57. The zero-order chi connectivity index (χ0) is 25.9. The molecule has 6 rings (SSSR count). The van der Waals surface area contributed by atoms with Gasteiger partial charge in [0.05, 0.1) is 24.2 Å². The van der Waals surface area contributed by atoms with Crippen molar-refractivity contribution < 1.29 is 24.4 Å². The number of aromatic carboxylic acids is 1. The summed E-state index contributed by atoms with van der Waals surface area (Å²) in [5, 5.41) is 24.3. The highest BCUT2D eigenvalue weighted by atomic mass is 16.4. The summed E-state index contributed by atoms with van der Waals surface area (Å²) in [6.45, 7) is 5.23. The molecular weight excluding hydrogens is 478 g/mol. The molecule has 0 atom stereocenters. The maximum absolute atomic E-state index is 12.6. The van der Waals surface area contributed by atoms with Crippen LogP contribution in [-0.4, -0.2) is 80.0 Å². The molecule has 3 aliphatic rings. The van der Waals surface area contributed by atoms with Gasteiger partial charge in [0.2, 0.25) is 17.2 Å². The third-order valence-electron chi connectivity index (χ3n) is 7.19. The molecule has 5 heterocycles. The topological polar surface area (TPSA) is 141 Å². The lowest BCUT2D eigenvalue weighted by atomic mass is 10.0. The summed E-state index contributed by atoms with van der Waals surface area (Å²) in [5.74, 6) is -1.36. The van der Waals surface area contributed by atoms with Gasteiger partial charge < -0.3 is 19.7 Å². The number of piperazine rings is 1. The third-order valence-corrected chi connectivity index (χ3v) is 7.19. The highest BCUT2D eigenvalue weighted by Gasteiger charge is 2.46. The second-order valence-corrected chi connectivity index (χ2v) is 9.31. The minimum Gasteiger partial charge on any atom is -0.478 e. The third kappa shape index (κ3) is 3.56. The number of hydrogen-bond acceptors (Lipinski definition) is 8. The molecule has 1 fully saturated rings. The van der Waals surface area contributed by atoms with Gasteiger partial charge in [-0.1, -0.05) is 23.3 Å². The van der Waals surface area contributed by atoms with E-state index in [1.54, 1.807) is 10.6 Å². The number of amidine groups is 1. The van der Waals surface area contributed by atoms with Crippen LogP contribution in [-0.2, 0) is 11.3 Å². The normalized spacial score (nSPS) is 17.9. The lowest BCUT2D eigenvalue weighted by molar-refractivity contribution is -0.929. The van der Waals surface area contributed by atoms with E-state index in [1.807, 2.05) is 41.0 Å².